The van der Waals surface area contributed by atoms with Crippen molar-refractivity contribution in [1.82, 2.24) is 14.3 Å². The molecule has 136 valence electrons. The largest absolute Gasteiger partial charge is 0.494 e. The molecule has 1 aliphatic rings. The minimum absolute atomic E-state index is 0.0868. The third-order valence-electron chi connectivity index (χ3n) is 4.39. The molecule has 1 aromatic heterocycles. The van der Waals surface area contributed by atoms with E-state index in [-0.39, 0.29) is 16.7 Å². The summed E-state index contributed by atoms with van der Waals surface area (Å²) in [6.45, 7) is 0. The molecule has 0 aliphatic heterocycles. The third-order valence-corrected chi connectivity index (χ3v) is 5.72. The van der Waals surface area contributed by atoms with Gasteiger partial charge in [0.05, 0.1) is 25.6 Å². The van der Waals surface area contributed by atoms with Crippen LogP contribution in [0.1, 0.15) is 24.4 Å². The summed E-state index contributed by atoms with van der Waals surface area (Å²) < 4.78 is 48.3. The fraction of sp³-hybridized carbons (Fsp3) is 0.438. The molecule has 0 radical (unpaired) electrons. The molecule has 1 heterocycles. The van der Waals surface area contributed by atoms with E-state index in [0.29, 0.717) is 18.4 Å². The molecule has 1 atom stereocenters. The first kappa shape index (κ1) is 17.8. The number of rotatable bonds is 6. The van der Waals surface area contributed by atoms with Crippen molar-refractivity contribution in [2.75, 3.05) is 7.11 Å². The molecule has 0 spiro atoms. The summed E-state index contributed by atoms with van der Waals surface area (Å²) in [7, 11) is -0.837. The third kappa shape index (κ3) is 3.68. The number of sulfonamides is 1. The van der Waals surface area contributed by atoms with Crippen LogP contribution < -0.4 is 9.46 Å². The van der Waals surface area contributed by atoms with Gasteiger partial charge in [0.1, 0.15) is 0 Å². The molecular weight excluding hydrogens is 349 g/mol. The predicted molar refractivity (Wildman–Crippen MR) is 88.0 cm³/mol. The van der Waals surface area contributed by atoms with Crippen molar-refractivity contribution in [3.05, 3.63) is 42.1 Å². The van der Waals surface area contributed by atoms with Gasteiger partial charge in [-0.05, 0) is 36.5 Å². The van der Waals surface area contributed by atoms with E-state index in [4.69, 9.17) is 4.74 Å². The van der Waals surface area contributed by atoms with Gasteiger partial charge >= 0.3 is 0 Å². The molecule has 0 amide bonds. The molecule has 7 nitrogen and oxygen atoms in total. The number of methoxy groups -OCH3 is 1. The van der Waals surface area contributed by atoms with Crippen molar-refractivity contribution < 1.29 is 22.7 Å². The Morgan fingerprint density at radius 3 is 2.68 bits per heavy atom. The molecule has 2 N–H and O–H groups in total. The Labute approximate surface area is 145 Å². The van der Waals surface area contributed by atoms with Gasteiger partial charge in [-0.25, -0.2) is 22.5 Å². The van der Waals surface area contributed by atoms with E-state index in [9.17, 15) is 17.9 Å². The lowest BCUT2D eigenvalue weighted by atomic mass is 9.75. The average Bonchev–Trinajstić information content (AvgIpc) is 2.97. The maximum Gasteiger partial charge on any atom is 0.260 e. The van der Waals surface area contributed by atoms with E-state index in [1.807, 2.05) is 0 Å². The topological polar surface area (TPSA) is 93.5 Å². The van der Waals surface area contributed by atoms with Gasteiger partial charge in [0, 0.05) is 13.2 Å². The lowest BCUT2D eigenvalue weighted by Gasteiger charge is -2.38. The van der Waals surface area contributed by atoms with Gasteiger partial charge in [-0.3, -0.25) is 0 Å². The number of ether oxygens (including phenoxy) is 1. The molecule has 25 heavy (non-hydrogen) atoms. The quantitative estimate of drug-likeness (QED) is 0.802. The summed E-state index contributed by atoms with van der Waals surface area (Å²) in [5, 5.41) is 9.48. The number of imidazole rings is 1. The van der Waals surface area contributed by atoms with E-state index in [2.05, 4.69) is 9.71 Å². The molecule has 2 aromatic rings. The van der Waals surface area contributed by atoms with Gasteiger partial charge in [-0.2, -0.15) is 0 Å². The van der Waals surface area contributed by atoms with Crippen LogP contribution in [-0.2, 0) is 17.1 Å². The van der Waals surface area contributed by atoms with Crippen molar-refractivity contribution in [1.29, 1.82) is 0 Å². The van der Waals surface area contributed by atoms with E-state index in [1.54, 1.807) is 13.1 Å². The van der Waals surface area contributed by atoms with Gasteiger partial charge in [0.15, 0.2) is 16.6 Å². The molecule has 1 aliphatic carbocycles. The SMILES string of the molecule is COc1ccc([C@H](NS(=O)(=O)c2cn(C)cn2)C2CC(O)C2)cc1F. The molecular formula is C16H20FN3O4S. The van der Waals surface area contributed by atoms with Crippen LogP contribution in [0, 0.1) is 11.7 Å². The second kappa shape index (κ2) is 6.74. The zero-order valence-electron chi connectivity index (χ0n) is 13.9. The maximum atomic E-state index is 14.1. The molecule has 0 saturated heterocycles. The highest BCUT2D eigenvalue weighted by molar-refractivity contribution is 7.89. The molecule has 1 fully saturated rings. The summed E-state index contributed by atoms with van der Waals surface area (Å²) in [5.41, 5.74) is 0.481. The van der Waals surface area contributed by atoms with Crippen LogP contribution in [0.25, 0.3) is 0 Å². The standard InChI is InChI=1S/C16H20FN3O4S/c1-20-8-15(18-9-20)25(22,23)19-16(11-5-12(21)6-11)10-3-4-14(24-2)13(17)7-10/h3-4,7-9,11-12,16,19,21H,5-6H2,1-2H3/t11?,12?,16-/m0/s1. The summed E-state index contributed by atoms with van der Waals surface area (Å²) in [6, 6.07) is 3.69. The zero-order valence-corrected chi connectivity index (χ0v) is 14.7. The highest BCUT2D eigenvalue weighted by atomic mass is 32.2. The minimum atomic E-state index is -3.87. The Morgan fingerprint density at radius 1 is 1.44 bits per heavy atom. The number of aromatic nitrogens is 2. The van der Waals surface area contributed by atoms with Crippen LogP contribution in [0.5, 0.6) is 5.75 Å². The Morgan fingerprint density at radius 2 is 2.16 bits per heavy atom. The summed E-state index contributed by atoms with van der Waals surface area (Å²) in [4.78, 5) is 3.87. The van der Waals surface area contributed by atoms with Crippen LogP contribution in [0.3, 0.4) is 0 Å². The lowest BCUT2D eigenvalue weighted by molar-refractivity contribution is 0.0279. The van der Waals surface area contributed by atoms with E-state index < -0.39 is 28.0 Å². The Hall–Kier alpha value is -1.97. The van der Waals surface area contributed by atoms with Crippen molar-refractivity contribution >= 4 is 10.0 Å². The summed E-state index contributed by atoms with van der Waals surface area (Å²) in [6.07, 6.45) is 3.22. The first-order valence-corrected chi connectivity index (χ1v) is 9.30. The van der Waals surface area contributed by atoms with Crippen LogP contribution in [0.2, 0.25) is 0 Å². The van der Waals surface area contributed by atoms with Crippen molar-refractivity contribution in [2.24, 2.45) is 13.0 Å². The second-order valence-electron chi connectivity index (χ2n) is 6.26. The number of aliphatic hydroxyl groups is 1. The van der Waals surface area contributed by atoms with Crippen LogP contribution in [0.4, 0.5) is 4.39 Å². The number of nitrogens with one attached hydrogen (secondary N) is 1. The minimum Gasteiger partial charge on any atom is -0.494 e. The van der Waals surface area contributed by atoms with Crippen LogP contribution >= 0.6 is 0 Å². The molecule has 1 aromatic carbocycles. The number of hydrogen-bond acceptors (Lipinski definition) is 5. The first-order valence-electron chi connectivity index (χ1n) is 7.82. The number of benzene rings is 1. The zero-order chi connectivity index (χ0) is 18.2. The number of aliphatic hydroxyl groups excluding tert-OH is 1. The fourth-order valence-corrected chi connectivity index (χ4v) is 4.24. The first-order chi connectivity index (χ1) is 11.8. The van der Waals surface area contributed by atoms with E-state index in [1.165, 1.54) is 36.3 Å². The molecule has 3 rings (SSSR count). The van der Waals surface area contributed by atoms with Gasteiger partial charge in [0.2, 0.25) is 0 Å². The Bertz CT molecular complexity index is 862. The van der Waals surface area contributed by atoms with E-state index >= 15 is 0 Å². The fourth-order valence-electron chi connectivity index (χ4n) is 2.97. The lowest BCUT2D eigenvalue weighted by Crippen LogP contribution is -2.41. The number of nitrogens with zero attached hydrogens (tertiary/aromatic N) is 2. The number of halogens is 1. The number of aryl methyl sites for hydroxylation is 1. The highest BCUT2D eigenvalue weighted by Gasteiger charge is 2.37. The Balaban J connectivity index is 1.91. The summed E-state index contributed by atoms with van der Waals surface area (Å²) in [5.74, 6) is -0.605. The van der Waals surface area contributed by atoms with Gasteiger partial charge < -0.3 is 14.4 Å². The molecule has 0 bridgehead atoms. The van der Waals surface area contributed by atoms with E-state index in [0.717, 1.165) is 0 Å². The van der Waals surface area contributed by atoms with Gasteiger partial charge in [-0.15, -0.1) is 0 Å². The van der Waals surface area contributed by atoms with Crippen LogP contribution in [-0.4, -0.2) is 36.3 Å². The Kier molecular flexibility index (Phi) is 4.81. The monoisotopic (exact) mass is 369 g/mol. The number of hydrogen-bond donors (Lipinski definition) is 2. The van der Waals surface area contributed by atoms with Crippen molar-refractivity contribution in [3.8, 4) is 5.75 Å². The molecule has 9 heteroatoms. The molecule has 0 unspecified atom stereocenters. The summed E-state index contributed by atoms with van der Waals surface area (Å²) >= 11 is 0. The molecule has 1 saturated carbocycles. The second-order valence-corrected chi connectivity index (χ2v) is 7.92. The predicted octanol–water partition coefficient (Wildman–Crippen LogP) is 1.36. The van der Waals surface area contributed by atoms with Crippen LogP contribution in [0.15, 0.2) is 35.7 Å². The van der Waals surface area contributed by atoms with Gasteiger partial charge in [-0.1, -0.05) is 6.07 Å². The smallest absolute Gasteiger partial charge is 0.260 e. The van der Waals surface area contributed by atoms with Crippen molar-refractivity contribution in [2.45, 2.75) is 30.0 Å². The van der Waals surface area contributed by atoms with Gasteiger partial charge in [0.25, 0.3) is 10.0 Å². The van der Waals surface area contributed by atoms with Crippen molar-refractivity contribution in [3.63, 3.8) is 0 Å². The maximum absolute atomic E-state index is 14.1. The highest BCUT2D eigenvalue weighted by Crippen LogP contribution is 2.39. The average molecular weight is 369 g/mol. The normalized spacial score (nSPS) is 21.6.